The molecule has 1 aliphatic heterocycles. The van der Waals surface area contributed by atoms with E-state index < -0.39 is 74.9 Å². The van der Waals surface area contributed by atoms with Crippen LogP contribution in [0.25, 0.3) is 0 Å². The van der Waals surface area contributed by atoms with Crippen LogP contribution in [-0.4, -0.2) is 150 Å². The van der Waals surface area contributed by atoms with Gasteiger partial charge in [-0.25, -0.2) is 0 Å². The predicted molar refractivity (Wildman–Crippen MR) is 78.0 cm³/mol. The summed E-state index contributed by atoms with van der Waals surface area (Å²) in [6.45, 7) is -2.45. The molecule has 9 N–H and O–H groups in total. The zero-order valence-electron chi connectivity index (χ0n) is 12.2. The fraction of sp³-hybridized carbons (Fsp3) is 1.00. The Balaban J connectivity index is 0.00000529. The number of aliphatic hydroxyl groups excluding tert-OH is 9. The van der Waals surface area contributed by atoms with Gasteiger partial charge in [0.1, 0.15) is 48.8 Å². The van der Waals surface area contributed by atoms with Crippen LogP contribution in [0.5, 0.6) is 0 Å². The molecule has 12 heteroatoms. The van der Waals surface area contributed by atoms with Crippen molar-refractivity contribution in [2.45, 2.75) is 55.1 Å². The first-order valence-electron chi connectivity index (χ1n) is 7.00. The van der Waals surface area contributed by atoms with Crippen molar-refractivity contribution in [3.8, 4) is 0 Å². The molecule has 140 valence electrons. The van der Waals surface area contributed by atoms with E-state index in [1.807, 2.05) is 0 Å². The molecule has 0 aromatic carbocycles. The molecule has 9 atom stereocenters. The van der Waals surface area contributed by atoms with Gasteiger partial charge < -0.3 is 55.4 Å². The molecule has 0 saturated carbocycles. The fourth-order valence-corrected chi connectivity index (χ4v) is 2.16. The van der Waals surface area contributed by atoms with Crippen LogP contribution in [0.3, 0.4) is 0 Å². The summed E-state index contributed by atoms with van der Waals surface area (Å²) in [5.74, 6) is 0. The third-order valence-electron chi connectivity index (χ3n) is 3.62. The molecular weight excluding hydrogens is 343 g/mol. The molecule has 0 aromatic heterocycles. The quantitative estimate of drug-likeness (QED) is 0.184. The Hall–Kier alpha value is 0.560. The van der Waals surface area contributed by atoms with Crippen molar-refractivity contribution in [3.63, 3.8) is 0 Å². The summed E-state index contributed by atoms with van der Waals surface area (Å²) in [6, 6.07) is 0. The summed E-state index contributed by atoms with van der Waals surface area (Å²) in [5.41, 5.74) is 0. The average molecular weight is 368 g/mol. The van der Waals surface area contributed by atoms with Crippen molar-refractivity contribution >= 4 is 29.6 Å². The Morgan fingerprint density at radius 2 is 1.38 bits per heavy atom. The van der Waals surface area contributed by atoms with Crippen molar-refractivity contribution < 1.29 is 55.4 Å². The Kier molecular flexibility index (Phi) is 11.6. The first kappa shape index (κ1) is 24.6. The maximum absolute atomic E-state index is 9.83. The molecular formula is C12H25NaO11. The van der Waals surface area contributed by atoms with E-state index in [1.165, 1.54) is 0 Å². The van der Waals surface area contributed by atoms with Gasteiger partial charge >= 0.3 is 29.6 Å². The summed E-state index contributed by atoms with van der Waals surface area (Å²) in [5, 5.41) is 84.9. The van der Waals surface area contributed by atoms with Crippen LogP contribution in [0.1, 0.15) is 0 Å². The van der Waals surface area contributed by atoms with E-state index in [0.717, 1.165) is 0 Å². The summed E-state index contributed by atoms with van der Waals surface area (Å²) < 4.78 is 10.1. The molecule has 0 radical (unpaired) electrons. The molecule has 0 amide bonds. The van der Waals surface area contributed by atoms with Gasteiger partial charge in [0.15, 0.2) is 6.29 Å². The Bertz CT molecular complexity index is 347. The molecule has 0 unspecified atom stereocenters. The van der Waals surface area contributed by atoms with Gasteiger partial charge in [-0.3, -0.25) is 0 Å². The first-order valence-corrected chi connectivity index (χ1v) is 7.00. The molecule has 0 spiro atoms. The monoisotopic (exact) mass is 368 g/mol. The second kappa shape index (κ2) is 11.3. The number of ether oxygens (including phenoxy) is 2. The summed E-state index contributed by atoms with van der Waals surface area (Å²) >= 11 is 0. The zero-order chi connectivity index (χ0) is 17.7. The van der Waals surface area contributed by atoms with E-state index in [2.05, 4.69) is 0 Å². The molecule has 0 aliphatic carbocycles. The van der Waals surface area contributed by atoms with Crippen molar-refractivity contribution in [1.29, 1.82) is 0 Å². The number of rotatable bonds is 8. The van der Waals surface area contributed by atoms with Crippen LogP contribution < -0.4 is 0 Å². The molecule has 1 heterocycles. The topological polar surface area (TPSA) is 201 Å². The predicted octanol–water partition coefficient (Wildman–Crippen LogP) is -6.41. The minimum atomic E-state index is -1.85. The van der Waals surface area contributed by atoms with Crippen molar-refractivity contribution in [2.24, 2.45) is 0 Å². The van der Waals surface area contributed by atoms with Gasteiger partial charge in [0.25, 0.3) is 0 Å². The molecule has 1 rings (SSSR count). The van der Waals surface area contributed by atoms with Crippen LogP contribution in [0.2, 0.25) is 0 Å². The fourth-order valence-electron chi connectivity index (χ4n) is 2.16. The third kappa shape index (κ3) is 5.79. The SMILES string of the molecule is OC[C@@H](O)[C@@H](O[C@H]1O[C@H](CO)[C@@H](O)[C@H](O)[C@H]1O)[C@H](O)[C@@H](O)CO.[NaH]. The maximum atomic E-state index is 9.83. The summed E-state index contributed by atoms with van der Waals surface area (Å²) in [6.07, 6.45) is -15.1. The van der Waals surface area contributed by atoms with Crippen LogP contribution in [-0.2, 0) is 9.47 Å². The number of hydrogen-bond acceptors (Lipinski definition) is 11. The first-order chi connectivity index (χ1) is 10.8. The van der Waals surface area contributed by atoms with Crippen LogP contribution in [0.4, 0.5) is 0 Å². The Morgan fingerprint density at radius 3 is 1.83 bits per heavy atom. The molecule has 1 saturated heterocycles. The van der Waals surface area contributed by atoms with Gasteiger partial charge in [-0.15, -0.1) is 0 Å². The van der Waals surface area contributed by atoms with Gasteiger partial charge in [-0.1, -0.05) is 0 Å². The van der Waals surface area contributed by atoms with Gasteiger partial charge in [0.05, 0.1) is 19.8 Å². The second-order valence-electron chi connectivity index (χ2n) is 5.29. The standard InChI is InChI=1S/C12H24O11.Na.H/c13-1-4(16)7(18)11(5(17)2-14)23-12-10(21)9(20)8(19)6(3-15)22-12;;/h4-21H,1-3H2;;/t4-,5+,6+,7+,8+,9-,10+,11+,12+;;/m0../s1. The van der Waals surface area contributed by atoms with E-state index in [9.17, 15) is 30.6 Å². The average Bonchev–Trinajstić information content (AvgIpc) is 2.57. The zero-order valence-corrected chi connectivity index (χ0v) is 12.2. The molecule has 11 nitrogen and oxygen atoms in total. The van der Waals surface area contributed by atoms with E-state index in [-0.39, 0.29) is 29.6 Å². The minimum absolute atomic E-state index is 0. The molecule has 24 heavy (non-hydrogen) atoms. The van der Waals surface area contributed by atoms with Crippen LogP contribution >= 0.6 is 0 Å². The van der Waals surface area contributed by atoms with Crippen LogP contribution in [0, 0.1) is 0 Å². The Labute approximate surface area is 160 Å². The van der Waals surface area contributed by atoms with Crippen LogP contribution in [0.15, 0.2) is 0 Å². The Morgan fingerprint density at radius 1 is 0.833 bits per heavy atom. The molecule has 1 fully saturated rings. The van der Waals surface area contributed by atoms with Crippen molar-refractivity contribution in [2.75, 3.05) is 19.8 Å². The van der Waals surface area contributed by atoms with Gasteiger partial charge in [0.2, 0.25) is 0 Å². The van der Waals surface area contributed by atoms with Gasteiger partial charge in [-0.2, -0.15) is 0 Å². The van der Waals surface area contributed by atoms with E-state index in [1.54, 1.807) is 0 Å². The van der Waals surface area contributed by atoms with E-state index >= 15 is 0 Å². The summed E-state index contributed by atoms with van der Waals surface area (Å²) in [7, 11) is 0. The van der Waals surface area contributed by atoms with Gasteiger partial charge in [-0.05, 0) is 0 Å². The molecule has 1 aliphatic rings. The normalized spacial score (nSPS) is 35.6. The van der Waals surface area contributed by atoms with Crippen molar-refractivity contribution in [1.82, 2.24) is 0 Å². The number of hydrogen-bond donors (Lipinski definition) is 9. The van der Waals surface area contributed by atoms with E-state index in [4.69, 9.17) is 24.8 Å². The van der Waals surface area contributed by atoms with E-state index in [0.29, 0.717) is 0 Å². The molecule has 0 aromatic rings. The molecule has 0 bridgehead atoms. The third-order valence-corrected chi connectivity index (χ3v) is 3.62. The summed E-state index contributed by atoms with van der Waals surface area (Å²) in [4.78, 5) is 0. The van der Waals surface area contributed by atoms with Gasteiger partial charge in [0, 0.05) is 0 Å². The second-order valence-corrected chi connectivity index (χ2v) is 5.29. The number of aliphatic hydroxyl groups is 9. The van der Waals surface area contributed by atoms with Crippen molar-refractivity contribution in [3.05, 3.63) is 0 Å².